The van der Waals surface area contributed by atoms with Crippen molar-refractivity contribution in [2.45, 2.75) is 36.6 Å². The van der Waals surface area contributed by atoms with Crippen LogP contribution in [0.2, 0.25) is 5.02 Å². The molecular weight excluding hydrogens is 302 g/mol. The maximum absolute atomic E-state index is 12.0. The Hall–Kier alpha value is -0.540. The highest BCUT2D eigenvalue weighted by Gasteiger charge is 2.20. The van der Waals surface area contributed by atoms with Gasteiger partial charge in [-0.3, -0.25) is 4.79 Å². The number of amides is 1. The molecule has 0 heterocycles. The van der Waals surface area contributed by atoms with Crippen molar-refractivity contribution < 1.29 is 4.79 Å². The van der Waals surface area contributed by atoms with Gasteiger partial charge in [0.25, 0.3) is 5.91 Å². The lowest BCUT2D eigenvalue weighted by molar-refractivity contribution is 0.0928. The molecule has 1 aliphatic carbocycles. The Morgan fingerprint density at radius 2 is 2.00 bits per heavy atom. The zero-order chi connectivity index (χ0) is 12.3. The largest absolute Gasteiger partial charge is 0.349 e. The van der Waals surface area contributed by atoms with Gasteiger partial charge < -0.3 is 5.32 Å². The van der Waals surface area contributed by atoms with Crippen LogP contribution >= 0.6 is 27.5 Å². The van der Waals surface area contributed by atoms with Gasteiger partial charge in [-0.25, -0.2) is 0 Å². The van der Waals surface area contributed by atoms with Gasteiger partial charge >= 0.3 is 0 Å². The lowest BCUT2D eigenvalue weighted by Gasteiger charge is -2.26. The molecule has 0 aromatic heterocycles. The smallest absolute Gasteiger partial charge is 0.251 e. The summed E-state index contributed by atoms with van der Waals surface area (Å²) in [6.45, 7) is 0. The summed E-state index contributed by atoms with van der Waals surface area (Å²) < 4.78 is 0. The van der Waals surface area contributed by atoms with E-state index >= 15 is 0 Å². The maximum Gasteiger partial charge on any atom is 0.251 e. The molecule has 0 saturated heterocycles. The SMILES string of the molecule is O=C(NC1CCC(Br)CC1)c1cccc(Cl)c1. The van der Waals surface area contributed by atoms with Crippen molar-refractivity contribution in [3.8, 4) is 0 Å². The molecule has 4 heteroatoms. The van der Waals surface area contributed by atoms with Crippen molar-refractivity contribution in [2.75, 3.05) is 0 Å². The second kappa shape index (κ2) is 5.87. The fraction of sp³-hybridized carbons (Fsp3) is 0.462. The molecule has 0 atom stereocenters. The monoisotopic (exact) mass is 315 g/mol. The number of carbonyl (C=O) groups excluding carboxylic acids is 1. The molecule has 1 aromatic rings. The van der Waals surface area contributed by atoms with Gasteiger partial charge in [0.2, 0.25) is 0 Å². The van der Waals surface area contributed by atoms with Crippen molar-refractivity contribution >= 4 is 33.4 Å². The average Bonchev–Trinajstić information content (AvgIpc) is 2.32. The summed E-state index contributed by atoms with van der Waals surface area (Å²) in [7, 11) is 0. The number of alkyl halides is 1. The van der Waals surface area contributed by atoms with Crippen LogP contribution in [0.5, 0.6) is 0 Å². The first-order valence-corrected chi connectivity index (χ1v) is 7.15. The molecule has 17 heavy (non-hydrogen) atoms. The van der Waals surface area contributed by atoms with E-state index < -0.39 is 0 Å². The van der Waals surface area contributed by atoms with Gasteiger partial charge in [0.1, 0.15) is 0 Å². The molecular formula is C13H15BrClNO. The number of rotatable bonds is 2. The lowest BCUT2D eigenvalue weighted by Crippen LogP contribution is -2.37. The van der Waals surface area contributed by atoms with Crippen LogP contribution in [0.3, 0.4) is 0 Å². The van der Waals surface area contributed by atoms with Crippen LogP contribution < -0.4 is 5.32 Å². The summed E-state index contributed by atoms with van der Waals surface area (Å²) in [6.07, 6.45) is 4.34. The maximum atomic E-state index is 12.0. The fourth-order valence-electron chi connectivity index (χ4n) is 2.10. The minimum Gasteiger partial charge on any atom is -0.349 e. The van der Waals surface area contributed by atoms with E-state index in [9.17, 15) is 4.79 Å². The molecule has 2 nitrogen and oxygen atoms in total. The number of hydrogen-bond donors (Lipinski definition) is 1. The summed E-state index contributed by atoms with van der Waals surface area (Å²) in [5.41, 5.74) is 0.637. The van der Waals surface area contributed by atoms with Gasteiger partial charge in [-0.1, -0.05) is 33.6 Å². The molecule has 1 aliphatic rings. The van der Waals surface area contributed by atoms with E-state index in [1.807, 2.05) is 0 Å². The molecule has 0 spiro atoms. The van der Waals surface area contributed by atoms with E-state index in [0.29, 0.717) is 21.5 Å². The van der Waals surface area contributed by atoms with E-state index in [2.05, 4.69) is 21.2 Å². The van der Waals surface area contributed by atoms with E-state index in [4.69, 9.17) is 11.6 Å². The van der Waals surface area contributed by atoms with Crippen molar-refractivity contribution in [3.05, 3.63) is 34.9 Å². The Balaban J connectivity index is 1.93. The first-order chi connectivity index (χ1) is 8.15. The molecule has 1 N–H and O–H groups in total. The Morgan fingerprint density at radius 3 is 2.65 bits per heavy atom. The zero-order valence-corrected chi connectivity index (χ0v) is 11.8. The second-order valence-corrected chi connectivity index (χ2v) is 6.16. The molecule has 1 aromatic carbocycles. The summed E-state index contributed by atoms with van der Waals surface area (Å²) in [6, 6.07) is 7.36. The standard InChI is InChI=1S/C13H15BrClNO/c14-10-4-6-12(7-5-10)16-13(17)9-2-1-3-11(15)8-9/h1-3,8,10,12H,4-7H2,(H,16,17). The Labute approximate surface area is 115 Å². The van der Waals surface area contributed by atoms with Gasteiger partial charge in [0.15, 0.2) is 0 Å². The molecule has 0 bridgehead atoms. The summed E-state index contributed by atoms with van der Waals surface area (Å²) >= 11 is 9.47. The van der Waals surface area contributed by atoms with Crippen molar-refractivity contribution in [1.82, 2.24) is 5.32 Å². The van der Waals surface area contributed by atoms with E-state index in [-0.39, 0.29) is 5.91 Å². The van der Waals surface area contributed by atoms with Crippen LogP contribution in [-0.2, 0) is 0 Å². The predicted molar refractivity (Wildman–Crippen MR) is 73.9 cm³/mol. The van der Waals surface area contributed by atoms with Gasteiger partial charge in [-0.05, 0) is 43.9 Å². The zero-order valence-electron chi connectivity index (χ0n) is 9.46. The first kappa shape index (κ1) is 12.9. The molecule has 1 fully saturated rings. The molecule has 1 amide bonds. The van der Waals surface area contributed by atoms with Crippen LogP contribution in [0.4, 0.5) is 0 Å². The van der Waals surface area contributed by atoms with Crippen LogP contribution in [0.1, 0.15) is 36.0 Å². The molecule has 92 valence electrons. The van der Waals surface area contributed by atoms with E-state index in [0.717, 1.165) is 25.7 Å². The third kappa shape index (κ3) is 3.71. The predicted octanol–water partition coefficient (Wildman–Crippen LogP) is 3.78. The highest BCUT2D eigenvalue weighted by atomic mass is 79.9. The van der Waals surface area contributed by atoms with E-state index in [1.54, 1.807) is 24.3 Å². The molecule has 2 rings (SSSR count). The summed E-state index contributed by atoms with van der Waals surface area (Å²) in [4.78, 5) is 12.6. The van der Waals surface area contributed by atoms with Gasteiger partial charge in [0.05, 0.1) is 0 Å². The van der Waals surface area contributed by atoms with Gasteiger partial charge in [-0.2, -0.15) is 0 Å². The molecule has 0 radical (unpaired) electrons. The topological polar surface area (TPSA) is 29.1 Å². The van der Waals surface area contributed by atoms with Crippen LogP contribution in [0.15, 0.2) is 24.3 Å². The number of carbonyl (C=O) groups is 1. The van der Waals surface area contributed by atoms with Crippen molar-refractivity contribution in [1.29, 1.82) is 0 Å². The van der Waals surface area contributed by atoms with Crippen LogP contribution in [-0.4, -0.2) is 16.8 Å². The van der Waals surface area contributed by atoms with E-state index in [1.165, 1.54) is 0 Å². The van der Waals surface area contributed by atoms with Crippen molar-refractivity contribution in [2.24, 2.45) is 0 Å². The highest BCUT2D eigenvalue weighted by Crippen LogP contribution is 2.24. The summed E-state index contributed by atoms with van der Waals surface area (Å²) in [5.74, 6) is -0.0227. The third-order valence-corrected chi connectivity index (χ3v) is 4.23. The molecule has 0 unspecified atom stereocenters. The molecule has 0 aliphatic heterocycles. The number of hydrogen-bond acceptors (Lipinski definition) is 1. The molecule has 1 saturated carbocycles. The average molecular weight is 317 g/mol. The summed E-state index contributed by atoms with van der Waals surface area (Å²) in [5, 5.41) is 3.66. The highest BCUT2D eigenvalue weighted by molar-refractivity contribution is 9.09. The minimum atomic E-state index is -0.0227. The number of nitrogens with one attached hydrogen (secondary N) is 1. The first-order valence-electron chi connectivity index (χ1n) is 5.85. The Bertz CT molecular complexity index is 402. The normalized spacial score (nSPS) is 24.4. The second-order valence-electron chi connectivity index (χ2n) is 4.43. The Kier molecular flexibility index (Phi) is 4.46. The minimum absolute atomic E-state index is 0.0227. The third-order valence-electron chi connectivity index (χ3n) is 3.08. The number of benzene rings is 1. The Morgan fingerprint density at radius 1 is 1.29 bits per heavy atom. The number of halogens is 2. The lowest BCUT2D eigenvalue weighted by atomic mass is 9.95. The van der Waals surface area contributed by atoms with Crippen LogP contribution in [0.25, 0.3) is 0 Å². The fourth-order valence-corrected chi connectivity index (χ4v) is 2.81. The quantitative estimate of drug-likeness (QED) is 0.827. The van der Waals surface area contributed by atoms with Gasteiger partial charge in [-0.15, -0.1) is 0 Å². The van der Waals surface area contributed by atoms with Crippen LogP contribution in [0, 0.1) is 0 Å². The van der Waals surface area contributed by atoms with Crippen molar-refractivity contribution in [3.63, 3.8) is 0 Å². The van der Waals surface area contributed by atoms with Gasteiger partial charge in [0, 0.05) is 21.5 Å².